The van der Waals surface area contributed by atoms with Crippen molar-refractivity contribution < 1.29 is 4.79 Å². The number of nitrogens with one attached hydrogen (secondary N) is 2. The zero-order valence-electron chi connectivity index (χ0n) is 11.8. The minimum absolute atomic E-state index is 0.0880. The molecule has 0 saturated carbocycles. The molecule has 106 valence electrons. The molecule has 0 bridgehead atoms. The number of aromatic amines is 1. The maximum atomic E-state index is 11.9. The third-order valence-corrected chi connectivity index (χ3v) is 3.40. The first-order valence-corrected chi connectivity index (χ1v) is 7.02. The van der Waals surface area contributed by atoms with Crippen molar-refractivity contribution in [3.63, 3.8) is 0 Å². The molecular formula is C14H19N5O. The van der Waals surface area contributed by atoms with Crippen molar-refractivity contribution in [3.05, 3.63) is 23.9 Å². The number of aryl methyl sites for hydroxylation is 1. The van der Waals surface area contributed by atoms with Crippen molar-refractivity contribution in [1.82, 2.24) is 24.8 Å². The molecule has 0 radical (unpaired) electrons. The number of rotatable bonds is 3. The summed E-state index contributed by atoms with van der Waals surface area (Å²) in [5.74, 6) is 1.17. The van der Waals surface area contributed by atoms with E-state index < -0.39 is 0 Å². The molecule has 2 aromatic rings. The zero-order valence-corrected chi connectivity index (χ0v) is 11.8. The van der Waals surface area contributed by atoms with Crippen LogP contribution >= 0.6 is 0 Å². The molecular weight excluding hydrogens is 254 g/mol. The molecule has 3 heterocycles. The molecule has 6 nitrogen and oxygen atoms in total. The van der Waals surface area contributed by atoms with Gasteiger partial charge in [0.2, 0.25) is 0 Å². The fourth-order valence-corrected chi connectivity index (χ4v) is 2.51. The molecule has 1 amide bonds. The second kappa shape index (κ2) is 5.11. The van der Waals surface area contributed by atoms with Gasteiger partial charge >= 0.3 is 0 Å². The summed E-state index contributed by atoms with van der Waals surface area (Å²) in [6, 6.07) is 0. The summed E-state index contributed by atoms with van der Waals surface area (Å²) in [6.45, 7) is 5.92. The standard InChI is InChI=1S/C14H19N5O/c1-9(2)7-19-8-15-6-11(19)13-17-10-4-3-5-16-14(20)12(10)18-13/h6,8-9H,3-5,7H2,1-2H3,(H,16,20)(H,17,18). The Hall–Kier alpha value is -2.11. The fraction of sp³-hybridized carbons (Fsp3) is 0.500. The van der Waals surface area contributed by atoms with Crippen LogP contribution in [-0.4, -0.2) is 32.0 Å². The molecule has 0 fully saturated rings. The van der Waals surface area contributed by atoms with E-state index in [9.17, 15) is 4.79 Å². The zero-order chi connectivity index (χ0) is 14.1. The van der Waals surface area contributed by atoms with Crippen molar-refractivity contribution in [1.29, 1.82) is 0 Å². The van der Waals surface area contributed by atoms with E-state index in [1.807, 2.05) is 6.33 Å². The van der Waals surface area contributed by atoms with Crippen LogP contribution in [0.2, 0.25) is 0 Å². The van der Waals surface area contributed by atoms with Crippen LogP contribution in [0.3, 0.4) is 0 Å². The molecule has 0 atom stereocenters. The molecule has 1 aliphatic heterocycles. The topological polar surface area (TPSA) is 75.6 Å². The average molecular weight is 273 g/mol. The monoisotopic (exact) mass is 273 g/mol. The second-order valence-corrected chi connectivity index (χ2v) is 5.60. The minimum Gasteiger partial charge on any atom is -0.351 e. The molecule has 20 heavy (non-hydrogen) atoms. The van der Waals surface area contributed by atoms with E-state index in [0.717, 1.165) is 36.6 Å². The number of aromatic nitrogens is 4. The summed E-state index contributed by atoms with van der Waals surface area (Å²) in [4.78, 5) is 23.9. The van der Waals surface area contributed by atoms with Crippen LogP contribution in [-0.2, 0) is 13.0 Å². The Morgan fingerprint density at radius 2 is 2.30 bits per heavy atom. The number of carbonyl (C=O) groups excluding carboxylic acids is 1. The SMILES string of the molecule is CC(C)Cn1cncc1-c1nc2c([nH]1)CCCNC2=O. The summed E-state index contributed by atoms with van der Waals surface area (Å²) >= 11 is 0. The van der Waals surface area contributed by atoms with E-state index in [4.69, 9.17) is 0 Å². The van der Waals surface area contributed by atoms with Gasteiger partial charge in [-0.25, -0.2) is 9.97 Å². The lowest BCUT2D eigenvalue weighted by atomic mass is 10.2. The van der Waals surface area contributed by atoms with Gasteiger partial charge in [0, 0.05) is 18.8 Å². The van der Waals surface area contributed by atoms with Gasteiger partial charge in [-0.15, -0.1) is 0 Å². The van der Waals surface area contributed by atoms with E-state index in [-0.39, 0.29) is 5.91 Å². The Bertz CT molecular complexity index is 625. The molecule has 0 aromatic carbocycles. The maximum absolute atomic E-state index is 11.9. The summed E-state index contributed by atoms with van der Waals surface area (Å²) in [5, 5.41) is 2.86. The molecule has 0 spiro atoms. The average Bonchev–Trinajstić information content (AvgIpc) is 2.97. The lowest BCUT2D eigenvalue weighted by Crippen LogP contribution is -2.23. The largest absolute Gasteiger partial charge is 0.351 e. The molecule has 3 rings (SSSR count). The van der Waals surface area contributed by atoms with E-state index >= 15 is 0 Å². The van der Waals surface area contributed by atoms with Gasteiger partial charge < -0.3 is 14.9 Å². The van der Waals surface area contributed by atoms with Crippen molar-refractivity contribution >= 4 is 5.91 Å². The van der Waals surface area contributed by atoms with E-state index in [1.165, 1.54) is 0 Å². The van der Waals surface area contributed by atoms with Crippen LogP contribution in [0.15, 0.2) is 12.5 Å². The molecule has 2 N–H and O–H groups in total. The van der Waals surface area contributed by atoms with Gasteiger partial charge in [-0.1, -0.05) is 13.8 Å². The lowest BCUT2D eigenvalue weighted by Gasteiger charge is -2.08. The Morgan fingerprint density at radius 1 is 1.45 bits per heavy atom. The van der Waals surface area contributed by atoms with E-state index in [2.05, 4.69) is 38.7 Å². The van der Waals surface area contributed by atoms with Gasteiger partial charge in [0.1, 0.15) is 11.4 Å². The van der Waals surface area contributed by atoms with Gasteiger partial charge in [-0.3, -0.25) is 4.79 Å². The number of amides is 1. The third-order valence-electron chi connectivity index (χ3n) is 3.40. The highest BCUT2D eigenvalue weighted by atomic mass is 16.1. The van der Waals surface area contributed by atoms with Crippen LogP contribution in [0.5, 0.6) is 0 Å². The van der Waals surface area contributed by atoms with Crippen molar-refractivity contribution in [2.45, 2.75) is 33.2 Å². The van der Waals surface area contributed by atoms with Crippen molar-refractivity contribution in [2.24, 2.45) is 5.92 Å². The number of imidazole rings is 2. The first-order valence-electron chi connectivity index (χ1n) is 7.02. The smallest absolute Gasteiger partial charge is 0.271 e. The Labute approximate surface area is 117 Å². The number of hydrogen-bond acceptors (Lipinski definition) is 3. The van der Waals surface area contributed by atoms with Crippen molar-refractivity contribution in [2.75, 3.05) is 6.54 Å². The van der Waals surface area contributed by atoms with Crippen LogP contribution in [0.25, 0.3) is 11.5 Å². The van der Waals surface area contributed by atoms with Gasteiger partial charge in [0.05, 0.1) is 12.5 Å². The van der Waals surface area contributed by atoms with E-state index in [1.54, 1.807) is 6.20 Å². The molecule has 2 aromatic heterocycles. The summed E-state index contributed by atoms with van der Waals surface area (Å²) in [7, 11) is 0. The first kappa shape index (κ1) is 12.9. The quantitative estimate of drug-likeness (QED) is 0.892. The maximum Gasteiger partial charge on any atom is 0.271 e. The summed E-state index contributed by atoms with van der Waals surface area (Å²) < 4.78 is 2.07. The summed E-state index contributed by atoms with van der Waals surface area (Å²) in [6.07, 6.45) is 5.38. The normalized spacial score (nSPS) is 15.1. The van der Waals surface area contributed by atoms with Gasteiger partial charge in [-0.05, 0) is 18.8 Å². The fourth-order valence-electron chi connectivity index (χ4n) is 2.51. The molecule has 6 heteroatoms. The first-order chi connectivity index (χ1) is 9.65. The molecule has 0 saturated heterocycles. The summed E-state index contributed by atoms with van der Waals surface area (Å²) in [5.41, 5.74) is 2.38. The second-order valence-electron chi connectivity index (χ2n) is 5.60. The Balaban J connectivity index is 1.98. The third kappa shape index (κ3) is 2.33. The Kier molecular flexibility index (Phi) is 3.30. The van der Waals surface area contributed by atoms with Crippen LogP contribution in [0.4, 0.5) is 0 Å². The molecule has 0 aliphatic carbocycles. The number of fused-ring (bicyclic) bond motifs is 1. The number of nitrogens with zero attached hydrogens (tertiary/aromatic N) is 3. The van der Waals surface area contributed by atoms with Gasteiger partial charge in [0.25, 0.3) is 5.91 Å². The minimum atomic E-state index is -0.0880. The number of H-pyrrole nitrogens is 1. The van der Waals surface area contributed by atoms with Crippen LogP contribution in [0.1, 0.15) is 36.5 Å². The molecule has 0 unspecified atom stereocenters. The number of carbonyl (C=O) groups is 1. The predicted molar refractivity (Wildman–Crippen MR) is 75.3 cm³/mol. The lowest BCUT2D eigenvalue weighted by molar-refractivity contribution is 0.0951. The number of hydrogen-bond donors (Lipinski definition) is 2. The highest BCUT2D eigenvalue weighted by Gasteiger charge is 2.21. The Morgan fingerprint density at radius 3 is 3.10 bits per heavy atom. The van der Waals surface area contributed by atoms with E-state index in [0.29, 0.717) is 18.2 Å². The predicted octanol–water partition coefficient (Wildman–Crippen LogP) is 1.61. The molecule has 1 aliphatic rings. The van der Waals surface area contributed by atoms with Gasteiger partial charge in [0.15, 0.2) is 5.82 Å². The van der Waals surface area contributed by atoms with Crippen molar-refractivity contribution in [3.8, 4) is 11.5 Å². The highest BCUT2D eigenvalue weighted by Crippen LogP contribution is 2.21. The van der Waals surface area contributed by atoms with Crippen LogP contribution < -0.4 is 5.32 Å². The van der Waals surface area contributed by atoms with Gasteiger partial charge in [-0.2, -0.15) is 0 Å². The van der Waals surface area contributed by atoms with Crippen LogP contribution in [0, 0.1) is 5.92 Å². The highest BCUT2D eigenvalue weighted by molar-refractivity contribution is 5.94.